The summed E-state index contributed by atoms with van der Waals surface area (Å²) in [6.07, 6.45) is 1.48. The van der Waals surface area contributed by atoms with Gasteiger partial charge in [0.25, 0.3) is 5.91 Å². The molecule has 2 amide bonds. The number of hydrogen-bond acceptors (Lipinski definition) is 5. The zero-order chi connectivity index (χ0) is 26.5. The number of ether oxygens (including phenoxy) is 2. The molecule has 0 saturated heterocycles. The van der Waals surface area contributed by atoms with Gasteiger partial charge in [0.2, 0.25) is 0 Å². The molecule has 10 heteroatoms. The summed E-state index contributed by atoms with van der Waals surface area (Å²) >= 11 is 0. The van der Waals surface area contributed by atoms with Crippen LogP contribution in [0.15, 0.2) is 24.3 Å². The highest BCUT2D eigenvalue weighted by Gasteiger charge is 2.42. The molecule has 0 aliphatic rings. The quantitative estimate of drug-likeness (QED) is 0.203. The summed E-state index contributed by atoms with van der Waals surface area (Å²) in [6, 6.07) is 5.95. The van der Waals surface area contributed by atoms with Crippen LogP contribution >= 0.6 is 0 Å². The van der Waals surface area contributed by atoms with Crippen LogP contribution in [0.1, 0.15) is 83.0 Å². The topological polar surface area (TPSA) is 93.7 Å². The first kappa shape index (κ1) is 30.3. The van der Waals surface area contributed by atoms with Crippen molar-refractivity contribution in [1.29, 1.82) is 0 Å². The van der Waals surface area contributed by atoms with E-state index in [0.717, 1.165) is 12.8 Å². The lowest BCUT2D eigenvalue weighted by Gasteiger charge is -2.31. The lowest BCUT2D eigenvalue weighted by Crippen LogP contribution is -2.51. The number of esters is 1. The van der Waals surface area contributed by atoms with Crippen LogP contribution in [0, 0.1) is 5.41 Å². The smallest absolute Gasteiger partial charge is 0.491 e. The fourth-order valence-corrected chi connectivity index (χ4v) is 3.13. The number of unbranched alkanes of at least 4 members (excludes halogenated alkanes) is 6. The van der Waals surface area contributed by atoms with Crippen molar-refractivity contribution < 1.29 is 37.0 Å². The first-order valence-electron chi connectivity index (χ1n) is 11.9. The van der Waals surface area contributed by atoms with E-state index in [1.165, 1.54) is 32.1 Å². The van der Waals surface area contributed by atoms with Crippen molar-refractivity contribution in [3.63, 3.8) is 0 Å². The first-order chi connectivity index (χ1) is 16.3. The molecule has 0 aliphatic carbocycles. The minimum atomic E-state index is -5.28. The van der Waals surface area contributed by atoms with E-state index in [0.29, 0.717) is 17.9 Å². The summed E-state index contributed by atoms with van der Waals surface area (Å²) in [7, 11) is 0. The number of hydrogen-bond donors (Lipinski definition) is 2. The van der Waals surface area contributed by atoms with E-state index < -0.39 is 35.6 Å². The molecule has 0 heterocycles. The van der Waals surface area contributed by atoms with Gasteiger partial charge in [-0.15, -0.1) is 0 Å². The minimum absolute atomic E-state index is 0.237. The van der Waals surface area contributed by atoms with Gasteiger partial charge in [0.05, 0.1) is 12.6 Å². The van der Waals surface area contributed by atoms with Gasteiger partial charge in [0, 0.05) is 12.1 Å². The third kappa shape index (κ3) is 12.5. The van der Waals surface area contributed by atoms with Crippen LogP contribution < -0.4 is 15.4 Å². The van der Waals surface area contributed by atoms with Crippen molar-refractivity contribution in [1.82, 2.24) is 10.6 Å². The van der Waals surface area contributed by atoms with Gasteiger partial charge in [-0.25, -0.2) is 9.59 Å². The average Bonchev–Trinajstić information content (AvgIpc) is 2.77. The number of carbonyl (C=O) groups excluding carboxylic acids is 3. The molecule has 0 aliphatic heterocycles. The van der Waals surface area contributed by atoms with Crippen LogP contribution in [0.3, 0.4) is 0 Å². The molecule has 0 saturated carbocycles. The van der Waals surface area contributed by atoms with Gasteiger partial charge in [0.15, 0.2) is 0 Å². The second-order valence-electron chi connectivity index (χ2n) is 9.44. The van der Waals surface area contributed by atoms with Crippen molar-refractivity contribution >= 4 is 18.0 Å². The lowest BCUT2D eigenvalue weighted by atomic mass is 9.86. The molecule has 1 rings (SSSR count). The number of halogens is 3. The van der Waals surface area contributed by atoms with Crippen LogP contribution in [0.25, 0.3) is 0 Å². The molecule has 0 fully saturated rings. The molecule has 1 unspecified atom stereocenters. The number of nitrogens with one attached hydrogen (secondary N) is 2. The van der Waals surface area contributed by atoms with Gasteiger partial charge in [-0.2, -0.15) is 13.2 Å². The summed E-state index contributed by atoms with van der Waals surface area (Å²) in [5, 5.41) is 4.84. The SMILES string of the molecule is CCCCCCCCCOc1ccc(C(=O)NC(CNC(=O)OC(=O)C(F)(F)F)C(C)(C)C)cc1. The predicted octanol–water partition coefficient (Wildman–Crippen LogP) is 5.78. The van der Waals surface area contributed by atoms with E-state index in [1.54, 1.807) is 45.0 Å². The standard InChI is InChI=1S/C25H37F3N2O5/c1-5-6-7-8-9-10-11-16-34-19-14-12-18(13-15-19)21(31)30-20(24(2,3)4)17-29-23(33)35-22(32)25(26,27)28/h12-15,20H,5-11,16-17H2,1-4H3,(H,29,33)(H,30,31). The Morgan fingerprint density at radius 2 is 1.49 bits per heavy atom. The minimum Gasteiger partial charge on any atom is -0.494 e. The molecule has 1 atom stereocenters. The monoisotopic (exact) mass is 502 g/mol. The Balaban J connectivity index is 2.52. The number of alkyl halides is 3. The van der Waals surface area contributed by atoms with Crippen molar-refractivity contribution in [3.05, 3.63) is 29.8 Å². The highest BCUT2D eigenvalue weighted by atomic mass is 19.4. The Labute approximate surface area is 205 Å². The third-order valence-electron chi connectivity index (χ3n) is 5.35. The van der Waals surface area contributed by atoms with E-state index >= 15 is 0 Å². The van der Waals surface area contributed by atoms with E-state index in [4.69, 9.17) is 4.74 Å². The first-order valence-corrected chi connectivity index (χ1v) is 11.9. The highest BCUT2D eigenvalue weighted by molar-refractivity contribution is 5.94. The summed E-state index contributed by atoms with van der Waals surface area (Å²) in [4.78, 5) is 35.0. The van der Waals surface area contributed by atoms with Gasteiger partial charge in [0.1, 0.15) is 5.75 Å². The lowest BCUT2D eigenvalue weighted by molar-refractivity contribution is -0.192. The number of carbonyl (C=O) groups is 3. The van der Waals surface area contributed by atoms with Crippen LogP contribution in [0.5, 0.6) is 5.75 Å². The molecule has 0 spiro atoms. The Bertz CT molecular complexity index is 805. The summed E-state index contributed by atoms with van der Waals surface area (Å²) in [6.45, 7) is 7.91. The summed E-state index contributed by atoms with van der Waals surface area (Å²) in [5.74, 6) is -2.38. The molecule has 35 heavy (non-hydrogen) atoms. The van der Waals surface area contributed by atoms with Crippen LogP contribution in [-0.4, -0.2) is 43.3 Å². The highest BCUT2D eigenvalue weighted by Crippen LogP contribution is 2.21. The zero-order valence-electron chi connectivity index (χ0n) is 20.9. The van der Waals surface area contributed by atoms with Gasteiger partial charge >= 0.3 is 18.2 Å². The molecular weight excluding hydrogens is 465 g/mol. The average molecular weight is 503 g/mol. The molecule has 1 aromatic rings. The number of benzene rings is 1. The molecule has 0 bridgehead atoms. The maximum Gasteiger partial charge on any atom is 0.491 e. The zero-order valence-corrected chi connectivity index (χ0v) is 20.9. The molecular formula is C25H37F3N2O5. The maximum atomic E-state index is 12.7. The number of amides is 2. The molecule has 1 aromatic carbocycles. The number of alkyl carbamates (subject to hydrolysis) is 1. The Morgan fingerprint density at radius 1 is 0.914 bits per heavy atom. The van der Waals surface area contributed by atoms with E-state index in [-0.39, 0.29) is 6.54 Å². The van der Waals surface area contributed by atoms with Crippen molar-refractivity contribution in [2.45, 2.75) is 84.9 Å². The molecule has 198 valence electrons. The van der Waals surface area contributed by atoms with Crippen molar-refractivity contribution in [3.8, 4) is 5.75 Å². The number of rotatable bonds is 13. The predicted molar refractivity (Wildman–Crippen MR) is 126 cm³/mol. The molecule has 7 nitrogen and oxygen atoms in total. The van der Waals surface area contributed by atoms with Gasteiger partial charge in [-0.05, 0) is 36.1 Å². The van der Waals surface area contributed by atoms with E-state index in [9.17, 15) is 27.6 Å². The van der Waals surface area contributed by atoms with Crippen LogP contribution in [0.4, 0.5) is 18.0 Å². The van der Waals surface area contributed by atoms with Gasteiger partial charge in [-0.3, -0.25) is 4.79 Å². The van der Waals surface area contributed by atoms with Gasteiger partial charge in [-0.1, -0.05) is 66.2 Å². The van der Waals surface area contributed by atoms with Gasteiger partial charge < -0.3 is 20.1 Å². The Kier molecular flexibility index (Phi) is 12.6. The largest absolute Gasteiger partial charge is 0.494 e. The fourth-order valence-electron chi connectivity index (χ4n) is 3.13. The van der Waals surface area contributed by atoms with E-state index in [2.05, 4.69) is 22.3 Å². The normalized spacial score (nSPS) is 12.5. The van der Waals surface area contributed by atoms with Crippen LogP contribution in [-0.2, 0) is 9.53 Å². The molecule has 2 N–H and O–H groups in total. The second-order valence-corrected chi connectivity index (χ2v) is 9.44. The summed E-state index contributed by atoms with van der Waals surface area (Å²) < 4.78 is 46.1. The Morgan fingerprint density at radius 3 is 2.03 bits per heavy atom. The summed E-state index contributed by atoms with van der Waals surface area (Å²) in [5.41, 5.74) is -0.200. The maximum absolute atomic E-state index is 12.7. The van der Waals surface area contributed by atoms with Crippen LogP contribution in [0.2, 0.25) is 0 Å². The Hall–Kier alpha value is -2.78. The molecule has 0 aromatic heterocycles. The third-order valence-corrected chi connectivity index (χ3v) is 5.35. The molecule has 0 radical (unpaired) electrons. The fraction of sp³-hybridized carbons (Fsp3) is 0.640. The van der Waals surface area contributed by atoms with Crippen molar-refractivity contribution in [2.75, 3.05) is 13.2 Å². The van der Waals surface area contributed by atoms with Crippen molar-refractivity contribution in [2.24, 2.45) is 5.41 Å². The second kappa shape index (κ2) is 14.6. The van der Waals surface area contributed by atoms with E-state index in [1.807, 2.05) is 0 Å².